The molecule has 5 heteroatoms. The molecular weight excluding hydrogens is 265 g/mol. The first-order valence-electron chi connectivity index (χ1n) is 5.81. The van der Waals surface area contributed by atoms with Gasteiger partial charge in [-0.1, -0.05) is 18.2 Å². The molecule has 0 atom stereocenters. The molecule has 2 N–H and O–H groups in total. The number of nitrogens with zero attached hydrogens (tertiary/aromatic N) is 1. The van der Waals surface area contributed by atoms with Crippen LogP contribution in [-0.4, -0.2) is 0 Å². The standard InChI is InChI=1S/C15H11F3N2/c1-9-12(5-6-14(20)13(9)8-19)10-3-2-4-11(7-10)15(16,17)18/h2-7H,20H2,1H3. The van der Waals surface area contributed by atoms with Gasteiger partial charge in [0, 0.05) is 5.69 Å². The van der Waals surface area contributed by atoms with E-state index in [4.69, 9.17) is 11.0 Å². The lowest BCUT2D eigenvalue weighted by Gasteiger charge is -2.12. The number of halogens is 3. The highest BCUT2D eigenvalue weighted by Gasteiger charge is 2.30. The minimum Gasteiger partial charge on any atom is -0.398 e. The summed E-state index contributed by atoms with van der Waals surface area (Å²) in [7, 11) is 0. The van der Waals surface area contributed by atoms with Crippen molar-refractivity contribution >= 4 is 5.69 Å². The molecule has 2 aromatic carbocycles. The van der Waals surface area contributed by atoms with Crippen LogP contribution in [-0.2, 0) is 6.18 Å². The number of nitriles is 1. The Kier molecular flexibility index (Phi) is 3.41. The summed E-state index contributed by atoms with van der Waals surface area (Å²) in [4.78, 5) is 0. The van der Waals surface area contributed by atoms with Crippen LogP contribution in [0.15, 0.2) is 36.4 Å². The maximum Gasteiger partial charge on any atom is 0.416 e. The molecular formula is C15H11F3N2. The zero-order chi connectivity index (χ0) is 14.9. The Balaban J connectivity index is 2.62. The third-order valence-electron chi connectivity index (χ3n) is 3.11. The fraction of sp³-hybridized carbons (Fsp3) is 0.133. The summed E-state index contributed by atoms with van der Waals surface area (Å²) in [5, 5.41) is 9.04. The summed E-state index contributed by atoms with van der Waals surface area (Å²) in [5.41, 5.74) is 7.13. The van der Waals surface area contributed by atoms with Crippen LogP contribution in [0.1, 0.15) is 16.7 Å². The van der Waals surface area contributed by atoms with Crippen molar-refractivity contribution < 1.29 is 13.2 Å². The van der Waals surface area contributed by atoms with Crippen LogP contribution in [0.3, 0.4) is 0 Å². The monoisotopic (exact) mass is 276 g/mol. The van der Waals surface area contributed by atoms with E-state index >= 15 is 0 Å². The highest BCUT2D eigenvalue weighted by molar-refractivity contribution is 5.75. The highest BCUT2D eigenvalue weighted by Crippen LogP contribution is 2.34. The number of alkyl halides is 3. The van der Waals surface area contributed by atoms with Crippen LogP contribution in [0.4, 0.5) is 18.9 Å². The van der Waals surface area contributed by atoms with E-state index in [0.717, 1.165) is 12.1 Å². The third-order valence-corrected chi connectivity index (χ3v) is 3.11. The Morgan fingerprint density at radius 3 is 2.45 bits per heavy atom. The van der Waals surface area contributed by atoms with Gasteiger partial charge in [-0.2, -0.15) is 18.4 Å². The summed E-state index contributed by atoms with van der Waals surface area (Å²) >= 11 is 0. The molecule has 0 aliphatic carbocycles. The Morgan fingerprint density at radius 2 is 1.85 bits per heavy atom. The molecule has 0 heterocycles. The molecule has 2 nitrogen and oxygen atoms in total. The van der Waals surface area contributed by atoms with Crippen molar-refractivity contribution in [2.45, 2.75) is 13.1 Å². The van der Waals surface area contributed by atoms with Gasteiger partial charge in [0.1, 0.15) is 6.07 Å². The molecule has 2 rings (SSSR count). The van der Waals surface area contributed by atoms with Crippen LogP contribution < -0.4 is 5.73 Å². The fourth-order valence-electron chi connectivity index (χ4n) is 2.06. The Bertz CT molecular complexity index is 697. The quantitative estimate of drug-likeness (QED) is 0.796. The number of nitrogens with two attached hydrogens (primary N) is 1. The van der Waals surface area contributed by atoms with Crippen LogP contribution in [0.25, 0.3) is 11.1 Å². The summed E-state index contributed by atoms with van der Waals surface area (Å²) < 4.78 is 38.2. The molecule has 0 saturated heterocycles. The second-order valence-corrected chi connectivity index (χ2v) is 4.39. The number of anilines is 1. The van der Waals surface area contributed by atoms with Gasteiger partial charge in [-0.15, -0.1) is 0 Å². The molecule has 2 aromatic rings. The number of rotatable bonds is 1. The normalized spacial score (nSPS) is 11.2. The van der Waals surface area contributed by atoms with Gasteiger partial charge in [0.25, 0.3) is 0 Å². The van der Waals surface area contributed by atoms with Crippen molar-refractivity contribution in [2.75, 3.05) is 5.73 Å². The topological polar surface area (TPSA) is 49.8 Å². The lowest BCUT2D eigenvalue weighted by molar-refractivity contribution is -0.137. The highest BCUT2D eigenvalue weighted by atomic mass is 19.4. The number of nitrogen functional groups attached to an aromatic ring is 1. The van der Waals surface area contributed by atoms with E-state index in [1.54, 1.807) is 19.1 Å². The predicted molar refractivity (Wildman–Crippen MR) is 70.7 cm³/mol. The van der Waals surface area contributed by atoms with Gasteiger partial charge < -0.3 is 5.73 Å². The van der Waals surface area contributed by atoms with Crippen molar-refractivity contribution in [3.8, 4) is 17.2 Å². The van der Waals surface area contributed by atoms with Crippen LogP contribution in [0.5, 0.6) is 0 Å². The number of hydrogen-bond donors (Lipinski definition) is 1. The molecule has 102 valence electrons. The lowest BCUT2D eigenvalue weighted by Crippen LogP contribution is -2.04. The Morgan fingerprint density at radius 1 is 1.15 bits per heavy atom. The summed E-state index contributed by atoms with van der Waals surface area (Å²) in [6.45, 7) is 1.67. The zero-order valence-corrected chi connectivity index (χ0v) is 10.6. The fourth-order valence-corrected chi connectivity index (χ4v) is 2.06. The summed E-state index contributed by atoms with van der Waals surface area (Å²) in [6.07, 6.45) is -4.39. The van der Waals surface area contributed by atoms with Gasteiger partial charge in [0.05, 0.1) is 11.1 Å². The van der Waals surface area contributed by atoms with E-state index in [1.807, 2.05) is 6.07 Å². The van der Waals surface area contributed by atoms with E-state index in [2.05, 4.69) is 0 Å². The van der Waals surface area contributed by atoms with Crippen LogP contribution in [0, 0.1) is 18.3 Å². The minimum absolute atomic E-state index is 0.292. The van der Waals surface area contributed by atoms with Crippen molar-refractivity contribution in [3.63, 3.8) is 0 Å². The average Bonchev–Trinajstić information content (AvgIpc) is 2.38. The maximum absolute atomic E-state index is 12.7. The molecule has 0 fully saturated rings. The molecule has 0 radical (unpaired) electrons. The molecule has 0 saturated carbocycles. The molecule has 0 unspecified atom stereocenters. The van der Waals surface area contributed by atoms with E-state index in [-0.39, 0.29) is 0 Å². The largest absolute Gasteiger partial charge is 0.416 e. The second-order valence-electron chi connectivity index (χ2n) is 4.39. The SMILES string of the molecule is Cc1c(-c2cccc(C(F)(F)F)c2)ccc(N)c1C#N. The van der Waals surface area contributed by atoms with Crippen LogP contribution in [0.2, 0.25) is 0 Å². The van der Waals surface area contributed by atoms with Gasteiger partial charge in [-0.05, 0) is 41.8 Å². The predicted octanol–water partition coefficient (Wildman–Crippen LogP) is 4.13. The minimum atomic E-state index is -4.39. The average molecular weight is 276 g/mol. The van der Waals surface area contributed by atoms with Crippen molar-refractivity contribution in [1.82, 2.24) is 0 Å². The molecule has 0 amide bonds. The lowest BCUT2D eigenvalue weighted by atomic mass is 9.94. The Hall–Kier alpha value is -2.48. The molecule has 0 aliphatic heterocycles. The van der Waals surface area contributed by atoms with Gasteiger partial charge in [0.15, 0.2) is 0 Å². The number of hydrogen-bond acceptors (Lipinski definition) is 2. The summed E-state index contributed by atoms with van der Waals surface area (Å²) in [6, 6.07) is 10.1. The van der Waals surface area contributed by atoms with Gasteiger partial charge in [0.2, 0.25) is 0 Å². The van der Waals surface area contributed by atoms with Gasteiger partial charge >= 0.3 is 6.18 Å². The van der Waals surface area contributed by atoms with Crippen LogP contribution >= 0.6 is 0 Å². The molecule has 0 aliphatic rings. The summed E-state index contributed by atoms with van der Waals surface area (Å²) in [5.74, 6) is 0. The van der Waals surface area contributed by atoms with Crippen molar-refractivity contribution in [1.29, 1.82) is 5.26 Å². The van der Waals surface area contributed by atoms with Gasteiger partial charge in [-0.3, -0.25) is 0 Å². The first-order chi connectivity index (χ1) is 9.34. The van der Waals surface area contributed by atoms with E-state index in [1.165, 1.54) is 12.1 Å². The van der Waals surface area contributed by atoms with E-state index in [9.17, 15) is 13.2 Å². The molecule has 0 aromatic heterocycles. The van der Waals surface area contributed by atoms with Crippen molar-refractivity contribution in [3.05, 3.63) is 53.1 Å². The van der Waals surface area contributed by atoms with Gasteiger partial charge in [-0.25, -0.2) is 0 Å². The van der Waals surface area contributed by atoms with E-state index in [0.29, 0.717) is 27.9 Å². The zero-order valence-electron chi connectivity index (χ0n) is 10.6. The third kappa shape index (κ3) is 2.45. The first kappa shape index (κ1) is 13.9. The molecule has 0 spiro atoms. The smallest absolute Gasteiger partial charge is 0.398 e. The molecule has 0 bridgehead atoms. The molecule has 20 heavy (non-hydrogen) atoms. The number of benzene rings is 2. The second kappa shape index (κ2) is 4.89. The maximum atomic E-state index is 12.7. The first-order valence-corrected chi connectivity index (χ1v) is 5.81. The Labute approximate surface area is 114 Å². The van der Waals surface area contributed by atoms with E-state index < -0.39 is 11.7 Å². The van der Waals surface area contributed by atoms with Crippen molar-refractivity contribution in [2.24, 2.45) is 0 Å².